The molecule has 0 aliphatic rings. The van der Waals surface area contributed by atoms with E-state index in [0.717, 1.165) is 17.8 Å². The predicted octanol–water partition coefficient (Wildman–Crippen LogP) is 3.75. The van der Waals surface area contributed by atoms with Crippen molar-refractivity contribution in [1.29, 1.82) is 0 Å². The maximum atomic E-state index is 12.7. The molecule has 2 aromatic heterocycles. The maximum absolute atomic E-state index is 12.7. The van der Waals surface area contributed by atoms with Crippen LogP contribution in [-0.2, 0) is 12.7 Å². The van der Waals surface area contributed by atoms with Crippen LogP contribution in [0.2, 0.25) is 0 Å². The highest BCUT2D eigenvalue weighted by Gasteiger charge is 2.30. The van der Waals surface area contributed by atoms with Gasteiger partial charge in [-0.15, -0.1) is 0 Å². The van der Waals surface area contributed by atoms with E-state index in [1.165, 1.54) is 12.1 Å². The average molecular weight is 345 g/mol. The minimum atomic E-state index is -4.38. The molecule has 1 aromatic carbocycles. The Kier molecular flexibility index (Phi) is 4.51. The van der Waals surface area contributed by atoms with Gasteiger partial charge in [0.05, 0.1) is 23.5 Å². The average Bonchev–Trinajstić information content (AvgIpc) is 2.60. The molecule has 3 rings (SSSR count). The summed E-state index contributed by atoms with van der Waals surface area (Å²) in [5.41, 5.74) is 6.76. The number of nitrogens with two attached hydrogens (primary N) is 1. The monoisotopic (exact) mass is 345 g/mol. The van der Waals surface area contributed by atoms with E-state index in [4.69, 9.17) is 5.73 Å². The molecule has 0 fully saturated rings. The van der Waals surface area contributed by atoms with Gasteiger partial charge in [0.1, 0.15) is 5.82 Å². The van der Waals surface area contributed by atoms with Crippen molar-refractivity contribution in [1.82, 2.24) is 15.0 Å². The summed E-state index contributed by atoms with van der Waals surface area (Å²) in [6.07, 6.45) is -2.70. The van der Waals surface area contributed by atoms with Crippen LogP contribution in [-0.4, -0.2) is 15.0 Å². The molecule has 0 bridgehead atoms. The molecule has 25 heavy (non-hydrogen) atoms. The number of halogens is 3. The number of alkyl halides is 3. The van der Waals surface area contributed by atoms with Crippen molar-refractivity contribution in [2.45, 2.75) is 12.7 Å². The molecular formula is C17H14F3N5. The van der Waals surface area contributed by atoms with Gasteiger partial charge in [0.25, 0.3) is 0 Å². The van der Waals surface area contributed by atoms with Gasteiger partial charge in [-0.2, -0.15) is 18.2 Å². The van der Waals surface area contributed by atoms with Crippen LogP contribution in [0, 0.1) is 0 Å². The Balaban J connectivity index is 1.81. The summed E-state index contributed by atoms with van der Waals surface area (Å²) >= 11 is 0. The van der Waals surface area contributed by atoms with Gasteiger partial charge in [-0.3, -0.25) is 4.98 Å². The fourth-order valence-corrected chi connectivity index (χ4v) is 2.22. The summed E-state index contributed by atoms with van der Waals surface area (Å²) in [5, 5.41) is 3.07. The zero-order chi connectivity index (χ0) is 17.9. The molecule has 0 radical (unpaired) electrons. The van der Waals surface area contributed by atoms with Crippen molar-refractivity contribution in [2.24, 2.45) is 0 Å². The molecule has 128 valence electrons. The van der Waals surface area contributed by atoms with Crippen LogP contribution in [0.3, 0.4) is 0 Å². The van der Waals surface area contributed by atoms with Crippen LogP contribution in [0.25, 0.3) is 11.3 Å². The van der Waals surface area contributed by atoms with Crippen LogP contribution in [0.5, 0.6) is 0 Å². The molecule has 0 atom stereocenters. The van der Waals surface area contributed by atoms with Crippen LogP contribution in [0.1, 0.15) is 11.3 Å². The third-order valence-electron chi connectivity index (χ3n) is 3.43. The highest BCUT2D eigenvalue weighted by Crippen LogP contribution is 2.31. The second kappa shape index (κ2) is 6.76. The summed E-state index contributed by atoms with van der Waals surface area (Å²) < 4.78 is 38.0. The van der Waals surface area contributed by atoms with E-state index in [1.807, 2.05) is 18.2 Å². The largest absolute Gasteiger partial charge is 0.416 e. The fraction of sp³-hybridized carbons (Fsp3) is 0.118. The van der Waals surface area contributed by atoms with E-state index in [9.17, 15) is 13.2 Å². The zero-order valence-corrected chi connectivity index (χ0v) is 13.0. The molecule has 0 unspecified atom stereocenters. The second-order valence-corrected chi connectivity index (χ2v) is 5.25. The van der Waals surface area contributed by atoms with Gasteiger partial charge in [0.15, 0.2) is 0 Å². The fourth-order valence-electron chi connectivity index (χ4n) is 2.22. The Morgan fingerprint density at radius 3 is 2.40 bits per heavy atom. The summed E-state index contributed by atoms with van der Waals surface area (Å²) in [6.45, 7) is 0.434. The Bertz CT molecular complexity index is 848. The minimum Gasteiger partial charge on any atom is -0.368 e. The minimum absolute atomic E-state index is 0.0286. The molecular weight excluding hydrogens is 331 g/mol. The van der Waals surface area contributed by atoms with E-state index < -0.39 is 11.7 Å². The molecule has 0 spiro atoms. The van der Waals surface area contributed by atoms with E-state index in [2.05, 4.69) is 20.3 Å². The second-order valence-electron chi connectivity index (χ2n) is 5.25. The van der Waals surface area contributed by atoms with E-state index >= 15 is 0 Å². The summed E-state index contributed by atoms with van der Waals surface area (Å²) in [7, 11) is 0. The lowest BCUT2D eigenvalue weighted by atomic mass is 10.1. The summed E-state index contributed by atoms with van der Waals surface area (Å²) in [4.78, 5) is 12.3. The molecule has 5 nitrogen and oxygen atoms in total. The van der Waals surface area contributed by atoms with Gasteiger partial charge < -0.3 is 11.1 Å². The molecule has 0 amide bonds. The molecule has 0 aliphatic heterocycles. The van der Waals surface area contributed by atoms with Crippen molar-refractivity contribution in [3.8, 4) is 11.3 Å². The maximum Gasteiger partial charge on any atom is 0.416 e. The van der Waals surface area contributed by atoms with Gasteiger partial charge in [-0.05, 0) is 24.3 Å². The highest BCUT2D eigenvalue weighted by molar-refractivity contribution is 5.64. The van der Waals surface area contributed by atoms with E-state index in [-0.39, 0.29) is 5.95 Å². The van der Waals surface area contributed by atoms with Crippen molar-refractivity contribution in [3.63, 3.8) is 0 Å². The predicted molar refractivity (Wildman–Crippen MR) is 88.4 cm³/mol. The van der Waals surface area contributed by atoms with Crippen LogP contribution < -0.4 is 11.1 Å². The van der Waals surface area contributed by atoms with Gasteiger partial charge in [-0.25, -0.2) is 4.98 Å². The molecule has 3 aromatic rings. The first-order valence-electron chi connectivity index (χ1n) is 7.38. The molecule has 0 saturated carbocycles. The first-order valence-corrected chi connectivity index (χ1v) is 7.38. The smallest absolute Gasteiger partial charge is 0.368 e. The Morgan fingerprint density at radius 2 is 1.76 bits per heavy atom. The molecule has 0 saturated heterocycles. The van der Waals surface area contributed by atoms with Crippen molar-refractivity contribution >= 4 is 11.8 Å². The number of aromatic nitrogens is 3. The topological polar surface area (TPSA) is 76.7 Å². The standard InChI is InChI=1S/C17H14F3N5/c18-17(19,20)12-6-4-11(5-7-12)14-9-15(25-16(21)24-14)23-10-13-3-1-2-8-22-13/h1-9H,10H2,(H3,21,23,24,25). The van der Waals surface area contributed by atoms with E-state index in [0.29, 0.717) is 23.6 Å². The number of nitrogens with one attached hydrogen (secondary N) is 1. The Morgan fingerprint density at radius 1 is 1.00 bits per heavy atom. The van der Waals surface area contributed by atoms with E-state index in [1.54, 1.807) is 12.3 Å². The lowest BCUT2D eigenvalue weighted by Gasteiger charge is -2.10. The lowest BCUT2D eigenvalue weighted by Crippen LogP contribution is -2.06. The number of nitrogen functional groups attached to an aromatic ring is 1. The quantitative estimate of drug-likeness (QED) is 0.753. The van der Waals surface area contributed by atoms with Crippen molar-refractivity contribution < 1.29 is 13.2 Å². The number of benzene rings is 1. The van der Waals surface area contributed by atoms with Gasteiger partial charge in [0, 0.05) is 17.8 Å². The molecule has 8 heteroatoms. The van der Waals surface area contributed by atoms with Crippen molar-refractivity contribution in [3.05, 3.63) is 66.0 Å². The molecule has 3 N–H and O–H groups in total. The summed E-state index contributed by atoms with van der Waals surface area (Å²) in [6, 6.07) is 11.9. The third kappa shape index (κ3) is 4.23. The summed E-state index contributed by atoms with van der Waals surface area (Å²) in [5.74, 6) is 0.494. The van der Waals surface area contributed by atoms with Crippen LogP contribution in [0.4, 0.5) is 24.9 Å². The molecule has 0 aliphatic carbocycles. The van der Waals surface area contributed by atoms with Crippen molar-refractivity contribution in [2.75, 3.05) is 11.1 Å². The molecule has 2 heterocycles. The third-order valence-corrected chi connectivity index (χ3v) is 3.43. The zero-order valence-electron chi connectivity index (χ0n) is 13.0. The number of nitrogens with zero attached hydrogens (tertiary/aromatic N) is 3. The van der Waals surface area contributed by atoms with Crippen LogP contribution >= 0.6 is 0 Å². The Hall–Kier alpha value is -3.16. The number of anilines is 2. The number of hydrogen-bond acceptors (Lipinski definition) is 5. The van der Waals surface area contributed by atoms with Gasteiger partial charge in [0.2, 0.25) is 5.95 Å². The SMILES string of the molecule is Nc1nc(NCc2ccccn2)cc(-c2ccc(C(F)(F)F)cc2)n1. The first-order chi connectivity index (χ1) is 11.9. The first kappa shape index (κ1) is 16.7. The van der Waals surface area contributed by atoms with Crippen LogP contribution in [0.15, 0.2) is 54.7 Å². The Labute approximate surface area is 141 Å². The number of hydrogen-bond donors (Lipinski definition) is 2. The number of rotatable bonds is 4. The highest BCUT2D eigenvalue weighted by atomic mass is 19.4. The number of pyridine rings is 1. The van der Waals surface area contributed by atoms with Gasteiger partial charge in [-0.1, -0.05) is 18.2 Å². The lowest BCUT2D eigenvalue weighted by molar-refractivity contribution is -0.137. The normalized spacial score (nSPS) is 11.3. The van der Waals surface area contributed by atoms with Gasteiger partial charge >= 0.3 is 6.18 Å².